The first-order valence-corrected chi connectivity index (χ1v) is 6.91. The lowest BCUT2D eigenvalue weighted by molar-refractivity contribution is 0.0661. The first kappa shape index (κ1) is 13.3. The highest BCUT2D eigenvalue weighted by Gasteiger charge is 2.38. The Morgan fingerprint density at radius 2 is 2.30 bits per heavy atom. The first-order valence-electron chi connectivity index (χ1n) is 6.91. The van der Waals surface area contributed by atoms with E-state index in [2.05, 4.69) is 16.2 Å². The molecule has 23 heavy (non-hydrogen) atoms. The summed E-state index contributed by atoms with van der Waals surface area (Å²) >= 11 is 0. The molecule has 0 bridgehead atoms. The lowest BCUT2D eigenvalue weighted by atomic mass is 10.0. The van der Waals surface area contributed by atoms with Gasteiger partial charge in [-0.15, -0.1) is 0 Å². The molecular weight excluding hydrogens is 296 g/mol. The number of fused-ring (bicyclic) bond motifs is 1. The third-order valence-corrected chi connectivity index (χ3v) is 3.85. The summed E-state index contributed by atoms with van der Waals surface area (Å²) in [6.07, 6.45) is 4.33. The van der Waals surface area contributed by atoms with Gasteiger partial charge in [0.25, 0.3) is 5.91 Å². The minimum atomic E-state index is -0.405. The monoisotopic (exact) mass is 306 g/mol. The number of nitrogens with zero attached hydrogens (tertiary/aromatic N) is 4. The molecule has 1 atom stereocenters. The highest BCUT2D eigenvalue weighted by molar-refractivity contribution is 5.92. The zero-order valence-corrected chi connectivity index (χ0v) is 11.8. The van der Waals surface area contributed by atoms with Crippen molar-refractivity contribution in [2.45, 2.75) is 12.6 Å². The van der Waals surface area contributed by atoms with Crippen LogP contribution in [-0.4, -0.2) is 20.9 Å². The standard InChI is InChI=1S/C16H10N4O3/c17-6-10-1-2-12-11(5-10)8-20(15(12)14-7-18-9-22-14)16(21)13-3-4-19-23-13/h1-5,7,9,15H,8H2/t15-/m0/s1. The van der Waals surface area contributed by atoms with E-state index in [1.54, 1.807) is 23.2 Å². The van der Waals surface area contributed by atoms with Crippen molar-refractivity contribution in [1.82, 2.24) is 15.0 Å². The van der Waals surface area contributed by atoms with Crippen molar-refractivity contribution >= 4 is 5.91 Å². The lowest BCUT2D eigenvalue weighted by Gasteiger charge is -2.22. The smallest absolute Gasteiger partial charge is 0.293 e. The number of aromatic nitrogens is 2. The Hall–Kier alpha value is -3.40. The van der Waals surface area contributed by atoms with Gasteiger partial charge in [0, 0.05) is 12.6 Å². The number of carbonyl (C=O) groups is 1. The molecule has 0 spiro atoms. The molecule has 0 saturated heterocycles. The molecule has 0 saturated carbocycles. The van der Waals surface area contributed by atoms with Crippen LogP contribution in [0.15, 0.2) is 52.0 Å². The van der Waals surface area contributed by atoms with Crippen molar-refractivity contribution in [3.8, 4) is 6.07 Å². The van der Waals surface area contributed by atoms with Crippen LogP contribution in [0.3, 0.4) is 0 Å². The Labute approximate surface area is 130 Å². The van der Waals surface area contributed by atoms with Crippen LogP contribution in [-0.2, 0) is 6.54 Å². The summed E-state index contributed by atoms with van der Waals surface area (Å²) in [5, 5.41) is 12.6. The number of hydrogen-bond acceptors (Lipinski definition) is 6. The topological polar surface area (TPSA) is 96.2 Å². The summed E-state index contributed by atoms with van der Waals surface area (Å²) in [5.74, 6) is 0.419. The molecule has 1 aliphatic heterocycles. The van der Waals surface area contributed by atoms with Crippen LogP contribution < -0.4 is 0 Å². The van der Waals surface area contributed by atoms with Gasteiger partial charge >= 0.3 is 0 Å². The minimum Gasteiger partial charge on any atom is -0.446 e. The van der Waals surface area contributed by atoms with Crippen LogP contribution in [0.2, 0.25) is 0 Å². The van der Waals surface area contributed by atoms with Crippen molar-refractivity contribution in [3.05, 3.63) is 71.3 Å². The number of amides is 1. The summed E-state index contributed by atoms with van der Waals surface area (Å²) in [7, 11) is 0. The van der Waals surface area contributed by atoms with Crippen LogP contribution in [0.4, 0.5) is 0 Å². The maximum absolute atomic E-state index is 12.7. The van der Waals surface area contributed by atoms with Gasteiger partial charge in [0.05, 0.1) is 24.0 Å². The van der Waals surface area contributed by atoms with Gasteiger partial charge in [-0.2, -0.15) is 5.26 Å². The van der Waals surface area contributed by atoms with Gasteiger partial charge < -0.3 is 13.8 Å². The molecule has 7 heteroatoms. The summed E-state index contributed by atoms with van der Waals surface area (Å²) in [6, 6.07) is 8.58. The van der Waals surface area contributed by atoms with Gasteiger partial charge in [-0.05, 0) is 23.3 Å². The van der Waals surface area contributed by atoms with Crippen molar-refractivity contribution in [3.63, 3.8) is 0 Å². The molecule has 3 aromatic rings. The molecule has 1 aromatic carbocycles. The first-order chi connectivity index (χ1) is 11.3. The fraction of sp³-hybridized carbons (Fsp3) is 0.125. The molecule has 7 nitrogen and oxygen atoms in total. The van der Waals surface area contributed by atoms with Crippen LogP contribution in [0.5, 0.6) is 0 Å². The van der Waals surface area contributed by atoms with Crippen molar-refractivity contribution in [2.24, 2.45) is 0 Å². The van der Waals surface area contributed by atoms with Gasteiger partial charge in [0.2, 0.25) is 5.76 Å². The van der Waals surface area contributed by atoms with E-state index in [4.69, 9.17) is 14.2 Å². The van der Waals surface area contributed by atoms with Gasteiger partial charge in [0.1, 0.15) is 6.04 Å². The third kappa shape index (κ3) is 2.08. The second kappa shape index (κ2) is 5.10. The Morgan fingerprint density at radius 3 is 3.00 bits per heavy atom. The molecule has 2 aromatic heterocycles. The Balaban J connectivity index is 1.80. The van der Waals surface area contributed by atoms with E-state index in [9.17, 15) is 4.79 Å². The highest BCUT2D eigenvalue weighted by Crippen LogP contribution is 2.39. The number of rotatable bonds is 2. The largest absolute Gasteiger partial charge is 0.446 e. The number of benzene rings is 1. The van der Waals surface area contributed by atoms with E-state index in [-0.39, 0.29) is 11.7 Å². The zero-order valence-electron chi connectivity index (χ0n) is 11.8. The number of nitriles is 1. The van der Waals surface area contributed by atoms with Gasteiger partial charge in [-0.3, -0.25) is 4.79 Å². The summed E-state index contributed by atoms with van der Waals surface area (Å²) in [4.78, 5) is 18.3. The van der Waals surface area contributed by atoms with Crippen LogP contribution >= 0.6 is 0 Å². The minimum absolute atomic E-state index is 0.155. The molecule has 0 aliphatic carbocycles. The van der Waals surface area contributed by atoms with E-state index in [1.807, 2.05) is 6.07 Å². The summed E-state index contributed by atoms with van der Waals surface area (Å²) in [5.41, 5.74) is 2.36. The number of oxazole rings is 1. The normalized spacial score (nSPS) is 16.1. The van der Waals surface area contributed by atoms with E-state index in [0.717, 1.165) is 11.1 Å². The van der Waals surface area contributed by atoms with Crippen LogP contribution in [0.1, 0.15) is 39.0 Å². The fourth-order valence-electron chi connectivity index (χ4n) is 2.85. The van der Waals surface area contributed by atoms with Gasteiger partial charge in [-0.1, -0.05) is 11.2 Å². The predicted octanol–water partition coefficient (Wildman–Crippen LogP) is 2.28. The van der Waals surface area contributed by atoms with E-state index in [1.165, 1.54) is 18.7 Å². The van der Waals surface area contributed by atoms with E-state index in [0.29, 0.717) is 17.9 Å². The van der Waals surface area contributed by atoms with Crippen molar-refractivity contribution in [1.29, 1.82) is 5.26 Å². The molecule has 1 amide bonds. The van der Waals surface area contributed by atoms with E-state index >= 15 is 0 Å². The summed E-state index contributed by atoms with van der Waals surface area (Å²) in [6.45, 7) is 0.357. The fourth-order valence-corrected chi connectivity index (χ4v) is 2.85. The van der Waals surface area contributed by atoms with E-state index < -0.39 is 6.04 Å². The molecule has 3 heterocycles. The van der Waals surface area contributed by atoms with Crippen molar-refractivity contribution < 1.29 is 13.7 Å². The quantitative estimate of drug-likeness (QED) is 0.720. The summed E-state index contributed by atoms with van der Waals surface area (Å²) < 4.78 is 10.4. The number of hydrogen-bond donors (Lipinski definition) is 0. The average molecular weight is 306 g/mol. The highest BCUT2D eigenvalue weighted by atomic mass is 16.5. The molecule has 0 fully saturated rings. The van der Waals surface area contributed by atoms with Crippen LogP contribution in [0.25, 0.3) is 0 Å². The molecule has 4 rings (SSSR count). The maximum Gasteiger partial charge on any atom is 0.293 e. The molecule has 112 valence electrons. The van der Waals surface area contributed by atoms with Gasteiger partial charge in [-0.25, -0.2) is 4.98 Å². The van der Waals surface area contributed by atoms with Crippen LogP contribution in [0, 0.1) is 11.3 Å². The Bertz CT molecular complexity index is 894. The Kier molecular flexibility index (Phi) is 2.95. The second-order valence-corrected chi connectivity index (χ2v) is 5.14. The molecular formula is C16H10N4O3. The van der Waals surface area contributed by atoms with Gasteiger partial charge in [0.15, 0.2) is 12.2 Å². The maximum atomic E-state index is 12.7. The average Bonchev–Trinajstić information content (AvgIpc) is 3.31. The number of carbonyl (C=O) groups excluding carboxylic acids is 1. The molecule has 0 unspecified atom stereocenters. The predicted molar refractivity (Wildman–Crippen MR) is 75.9 cm³/mol. The lowest BCUT2D eigenvalue weighted by Crippen LogP contribution is -2.29. The molecule has 0 N–H and O–H groups in total. The zero-order chi connectivity index (χ0) is 15.8. The second-order valence-electron chi connectivity index (χ2n) is 5.14. The SMILES string of the molecule is N#Cc1ccc2c(c1)CN(C(=O)c1ccno1)[C@@H]2c1cnco1. The Morgan fingerprint density at radius 1 is 1.39 bits per heavy atom. The van der Waals surface area contributed by atoms with Crippen molar-refractivity contribution in [2.75, 3.05) is 0 Å². The third-order valence-electron chi connectivity index (χ3n) is 3.85. The molecule has 0 radical (unpaired) electrons. The molecule has 1 aliphatic rings.